The lowest BCUT2D eigenvalue weighted by atomic mass is 9.72. The van der Waals surface area contributed by atoms with Crippen molar-refractivity contribution in [3.63, 3.8) is 0 Å². The van der Waals surface area contributed by atoms with Crippen molar-refractivity contribution in [2.24, 2.45) is 0 Å². The van der Waals surface area contributed by atoms with Gasteiger partial charge in [0.2, 0.25) is 29.5 Å². The second-order valence-electron chi connectivity index (χ2n) is 27.0. The molecule has 6 aromatic carbocycles. The van der Waals surface area contributed by atoms with Crippen LogP contribution in [0.1, 0.15) is 129 Å². The van der Waals surface area contributed by atoms with E-state index in [1.165, 1.54) is 50.6 Å². The zero-order valence-electron chi connectivity index (χ0n) is 58.7. The molecule has 27 heteroatoms. The zero-order valence-corrected chi connectivity index (χ0v) is 58.7. The van der Waals surface area contributed by atoms with Gasteiger partial charge in [-0.05, 0) is 152 Å². The highest BCUT2D eigenvalue weighted by Crippen LogP contribution is 2.52. The Hall–Kier alpha value is -9.86. The van der Waals surface area contributed by atoms with Crippen LogP contribution in [-0.4, -0.2) is 119 Å². The molecule has 0 unspecified atom stereocenters. The van der Waals surface area contributed by atoms with Gasteiger partial charge in [0.15, 0.2) is 11.4 Å². The van der Waals surface area contributed by atoms with Crippen LogP contribution < -0.4 is 49.6 Å². The summed E-state index contributed by atoms with van der Waals surface area (Å²) in [5.74, 6) is -0.328. The Morgan fingerprint density at radius 2 is 0.952 bits per heavy atom. The Morgan fingerprint density at radius 3 is 1.37 bits per heavy atom. The van der Waals surface area contributed by atoms with Gasteiger partial charge >= 0.3 is 18.5 Å². The van der Waals surface area contributed by atoms with Gasteiger partial charge < -0.3 is 64.2 Å². The van der Waals surface area contributed by atoms with Crippen LogP contribution in [0.15, 0.2) is 127 Å². The molecule has 5 amide bonds. The summed E-state index contributed by atoms with van der Waals surface area (Å²) in [5.41, 5.74) is 4.25. The Labute approximate surface area is 601 Å². The number of carbonyl (C=O) groups is 5. The largest absolute Gasteiger partial charge is 0.487 e. The van der Waals surface area contributed by atoms with Crippen molar-refractivity contribution < 1.29 is 97.0 Å². The van der Waals surface area contributed by atoms with Gasteiger partial charge in [0.05, 0.1) is 47.8 Å². The van der Waals surface area contributed by atoms with E-state index in [0.717, 1.165) is 83.8 Å². The van der Waals surface area contributed by atoms with E-state index in [4.69, 9.17) is 28.4 Å². The lowest BCUT2D eigenvalue weighted by Crippen LogP contribution is -2.47. The van der Waals surface area contributed by atoms with Crippen molar-refractivity contribution >= 4 is 80.4 Å². The maximum atomic E-state index is 13.4. The number of nitrogens with one attached hydrogen (secondary N) is 3. The molecule has 4 N–H and O–H groups in total. The second kappa shape index (κ2) is 31.1. The van der Waals surface area contributed by atoms with Gasteiger partial charge in [-0.25, -0.2) is 0 Å². The second-order valence-corrected chi connectivity index (χ2v) is 27.0. The first-order chi connectivity index (χ1) is 49.9. The number of alkyl halides is 9. The van der Waals surface area contributed by atoms with Crippen LogP contribution in [0.5, 0.6) is 23.0 Å². The number of amides is 5. The number of hydrogen-bond donors (Lipinski definition) is 4. The van der Waals surface area contributed by atoms with Crippen molar-refractivity contribution in [1.82, 2.24) is 0 Å². The number of ether oxygens (including phenoxy) is 6. The van der Waals surface area contributed by atoms with Crippen molar-refractivity contribution in [1.29, 1.82) is 0 Å². The highest BCUT2D eigenvalue weighted by molar-refractivity contribution is 6.09. The number of aliphatic hydroxyl groups is 1. The number of anilines is 6. The van der Waals surface area contributed by atoms with Gasteiger partial charge in [0.25, 0.3) is 0 Å². The van der Waals surface area contributed by atoms with Gasteiger partial charge in [-0.3, -0.25) is 24.0 Å². The lowest BCUT2D eigenvalue weighted by molar-refractivity contribution is -0.138. The molecular weight excluding hydrogens is 1380 g/mol. The first kappa shape index (κ1) is 76.3. The van der Waals surface area contributed by atoms with E-state index in [2.05, 4.69) is 20.9 Å². The van der Waals surface area contributed by atoms with Crippen LogP contribution in [-0.2, 0) is 64.8 Å². The molecule has 6 aliphatic heterocycles. The number of fused-ring (bicyclic) bond motifs is 6. The summed E-state index contributed by atoms with van der Waals surface area (Å²) in [4.78, 5) is 68.5. The van der Waals surface area contributed by atoms with Crippen LogP contribution in [0.3, 0.4) is 0 Å². The number of para-hydroxylation sites is 1. The molecule has 105 heavy (non-hydrogen) atoms. The van der Waals surface area contributed by atoms with E-state index in [9.17, 15) is 68.6 Å². The smallest absolute Gasteiger partial charge is 0.416 e. The quantitative estimate of drug-likeness (QED) is 0.0558. The predicted octanol–water partition coefficient (Wildman–Crippen LogP) is 15.4. The average Bonchev–Trinajstić information content (AvgIpc) is 0.755. The standard InChI is InChI=1S/C27H31F3N2O6.C26H27F3N2O3.C25H23F3N2O3/c1-35-16-26(17-36-2)15-18(20-8-7-19(27(28,29)30)14-23(20)38-26)13-24(34)31-21-5-3-6-22-25(21)37-12-10-32(22)9-4-11-33;1-4-25(5-2)15-16(18-10-9-17(26(27,28)29)14-22(18)34-25)13-23(32)30-20-7-6-8-21-19(20)11-12-24(33)31(21)3;1-30-20-5-2-4-19(18(20)8-9-23(30)32)29-22(31)12-15-14-24(10-3-11-24)33-21-13-16(25(26,27)28)6-7-17(15)21/h3,5-8,13-14,33H,4,9-12,15-17H2,1-2H3,(H,31,34);6-10,13-14H,4-5,11-12,15H2,1-3H3,(H,30,32);2,4-7,12-13H,3,8-11,14H2,1H3,(H,29,31)/b18-13+;16-13+;15-12+. The van der Waals surface area contributed by atoms with Crippen molar-refractivity contribution in [3.05, 3.63) is 172 Å². The number of hydrogen-bond acceptors (Lipinski definition) is 13. The fourth-order valence-corrected chi connectivity index (χ4v) is 14.4. The number of rotatable bonds is 15. The molecule has 558 valence electrons. The fraction of sp³-hybridized carbons (Fsp3) is 0.397. The number of halogens is 9. The molecule has 13 rings (SSSR count). The summed E-state index contributed by atoms with van der Waals surface area (Å²) in [6, 6.07) is 26.3. The zero-order chi connectivity index (χ0) is 75.4. The van der Waals surface area contributed by atoms with Crippen LogP contribution in [0, 0.1) is 0 Å². The summed E-state index contributed by atoms with van der Waals surface area (Å²) in [6.07, 6.45) is -2.17. The maximum absolute atomic E-state index is 13.4. The topological polar surface area (TPSA) is 207 Å². The third kappa shape index (κ3) is 17.0. The summed E-state index contributed by atoms with van der Waals surface area (Å²) in [5, 5.41) is 17.9. The van der Waals surface area contributed by atoms with Gasteiger partial charge in [-0.1, -0.05) is 50.2 Å². The monoisotopic (exact) mass is 1460 g/mol. The summed E-state index contributed by atoms with van der Waals surface area (Å²) < 4.78 is 154. The summed E-state index contributed by atoms with van der Waals surface area (Å²) in [6.45, 7) is 5.73. The molecule has 6 heterocycles. The normalized spacial score (nSPS) is 18.5. The molecule has 0 aromatic heterocycles. The summed E-state index contributed by atoms with van der Waals surface area (Å²) >= 11 is 0. The van der Waals surface area contributed by atoms with E-state index in [1.807, 2.05) is 32.0 Å². The number of nitrogens with zero attached hydrogens (tertiary/aromatic N) is 3. The molecule has 0 bridgehead atoms. The number of aliphatic hydroxyl groups excluding tert-OH is 1. The average molecular weight is 1470 g/mol. The SMILES string of the molecule is CCC1(CC)C/C(=C\C(=O)Nc2cccc3c2CCC(=O)N3C)c2ccc(C(F)(F)F)cc2O1.CN1C(=O)CCc2c(NC(=O)/C=C3\CC4(CCC4)Oc4cc(C(F)(F)F)ccc43)cccc21.COCC1(COC)C/C(=C\C(=O)Nc2cccc3c2OCCN3CCCO)c2ccc(C(F)(F)F)cc2O1. The van der Waals surface area contributed by atoms with Gasteiger partial charge in [-0.15, -0.1) is 0 Å². The maximum Gasteiger partial charge on any atom is 0.416 e. The Balaban J connectivity index is 0.000000158. The van der Waals surface area contributed by atoms with Crippen LogP contribution in [0.25, 0.3) is 16.7 Å². The van der Waals surface area contributed by atoms with E-state index in [-0.39, 0.29) is 67.1 Å². The van der Waals surface area contributed by atoms with Crippen LogP contribution in [0.2, 0.25) is 0 Å². The molecule has 1 saturated carbocycles. The van der Waals surface area contributed by atoms with Gasteiger partial charge in [-0.2, -0.15) is 39.5 Å². The number of benzene rings is 6. The minimum absolute atomic E-state index is 0.000765. The number of methoxy groups -OCH3 is 2. The molecule has 1 aliphatic carbocycles. The van der Waals surface area contributed by atoms with Crippen LogP contribution in [0.4, 0.5) is 73.6 Å². The molecule has 1 spiro atoms. The Kier molecular flexibility index (Phi) is 22.6. The first-order valence-corrected chi connectivity index (χ1v) is 34.5. The molecule has 0 saturated heterocycles. The molecule has 6 aromatic rings. The minimum Gasteiger partial charge on any atom is -0.487 e. The fourth-order valence-electron chi connectivity index (χ4n) is 14.4. The van der Waals surface area contributed by atoms with Crippen molar-refractivity contribution in [3.8, 4) is 23.0 Å². The molecule has 18 nitrogen and oxygen atoms in total. The summed E-state index contributed by atoms with van der Waals surface area (Å²) in [7, 11) is 6.33. The van der Waals surface area contributed by atoms with Gasteiger partial charge in [0.1, 0.15) is 35.1 Å². The van der Waals surface area contributed by atoms with Gasteiger partial charge in [0, 0.05) is 131 Å². The molecule has 0 radical (unpaired) electrons. The van der Waals surface area contributed by atoms with Crippen molar-refractivity contribution in [2.75, 3.05) is 98.5 Å². The highest BCUT2D eigenvalue weighted by atomic mass is 19.4. The third-order valence-electron chi connectivity index (χ3n) is 20.0. The first-order valence-electron chi connectivity index (χ1n) is 34.5. The number of carbonyl (C=O) groups excluding carboxylic acids is 5. The van der Waals surface area contributed by atoms with E-state index in [0.29, 0.717) is 134 Å². The molecule has 0 atom stereocenters. The molecule has 7 aliphatic rings. The minimum atomic E-state index is -4.56. The predicted molar refractivity (Wildman–Crippen MR) is 378 cm³/mol. The molecule has 1 fully saturated rings. The Morgan fingerprint density at radius 1 is 0.543 bits per heavy atom. The molecular formula is C78H81F9N6O12. The Bertz CT molecular complexity index is 4400. The lowest BCUT2D eigenvalue weighted by Gasteiger charge is -2.46. The third-order valence-corrected chi connectivity index (χ3v) is 20.0. The van der Waals surface area contributed by atoms with Crippen LogP contribution >= 0.6 is 0 Å². The highest BCUT2D eigenvalue weighted by Gasteiger charge is 2.46. The van der Waals surface area contributed by atoms with E-state index < -0.39 is 57.9 Å². The van der Waals surface area contributed by atoms with E-state index >= 15 is 0 Å². The van der Waals surface area contributed by atoms with Crippen molar-refractivity contribution in [2.45, 2.75) is 133 Å². The van der Waals surface area contributed by atoms with E-state index in [1.54, 1.807) is 60.3 Å².